The Labute approximate surface area is 116 Å². The second kappa shape index (κ2) is 6.70. The standard InChI is InChI=1S/C18H24O/c1-3-9-16(15-10-5-4-6-11-15)14(2)17-12-7-8-13-18(17)19/h3-6,9-11,14,16-17H,7-8,12-13H2,1-2H3/b9-3+. The highest BCUT2D eigenvalue weighted by Gasteiger charge is 2.31. The van der Waals surface area contributed by atoms with E-state index >= 15 is 0 Å². The van der Waals surface area contributed by atoms with Crippen LogP contribution in [0.5, 0.6) is 0 Å². The van der Waals surface area contributed by atoms with Crippen LogP contribution >= 0.6 is 0 Å². The first-order chi connectivity index (χ1) is 9.24. The Morgan fingerprint density at radius 3 is 2.58 bits per heavy atom. The fourth-order valence-electron chi connectivity index (χ4n) is 3.29. The maximum atomic E-state index is 12.2. The summed E-state index contributed by atoms with van der Waals surface area (Å²) in [7, 11) is 0. The Bertz CT molecular complexity index is 432. The molecule has 0 radical (unpaired) electrons. The maximum absolute atomic E-state index is 12.2. The number of rotatable bonds is 4. The summed E-state index contributed by atoms with van der Waals surface area (Å²) in [6.07, 6.45) is 8.51. The quantitative estimate of drug-likeness (QED) is 0.711. The highest BCUT2D eigenvalue weighted by atomic mass is 16.1. The van der Waals surface area contributed by atoms with Gasteiger partial charge in [-0.15, -0.1) is 0 Å². The van der Waals surface area contributed by atoms with E-state index in [2.05, 4.69) is 50.3 Å². The number of benzene rings is 1. The number of carbonyl (C=O) groups excluding carboxylic acids is 1. The van der Waals surface area contributed by atoms with E-state index in [1.165, 1.54) is 12.0 Å². The zero-order chi connectivity index (χ0) is 13.7. The number of allylic oxidation sites excluding steroid dienone is 2. The number of hydrogen-bond acceptors (Lipinski definition) is 1. The monoisotopic (exact) mass is 256 g/mol. The Hall–Kier alpha value is -1.37. The lowest BCUT2D eigenvalue weighted by molar-refractivity contribution is -0.126. The number of hydrogen-bond donors (Lipinski definition) is 0. The third kappa shape index (κ3) is 3.34. The molecule has 0 aromatic heterocycles. The minimum Gasteiger partial charge on any atom is -0.299 e. The van der Waals surface area contributed by atoms with Gasteiger partial charge < -0.3 is 0 Å². The van der Waals surface area contributed by atoms with Gasteiger partial charge in [0, 0.05) is 18.3 Å². The number of carbonyl (C=O) groups is 1. The summed E-state index contributed by atoms with van der Waals surface area (Å²) in [4.78, 5) is 12.2. The second-order valence-corrected chi connectivity index (χ2v) is 5.64. The molecule has 2 rings (SSSR count). The molecule has 0 saturated heterocycles. The largest absolute Gasteiger partial charge is 0.299 e. The Morgan fingerprint density at radius 2 is 1.95 bits per heavy atom. The molecule has 1 aliphatic carbocycles. The molecule has 0 spiro atoms. The van der Waals surface area contributed by atoms with Crippen LogP contribution in [0.25, 0.3) is 0 Å². The molecule has 0 aliphatic heterocycles. The topological polar surface area (TPSA) is 17.1 Å². The fraction of sp³-hybridized carbons (Fsp3) is 0.500. The molecule has 0 bridgehead atoms. The van der Waals surface area contributed by atoms with E-state index in [1.807, 2.05) is 6.07 Å². The van der Waals surface area contributed by atoms with Gasteiger partial charge in [0.05, 0.1) is 0 Å². The van der Waals surface area contributed by atoms with E-state index < -0.39 is 0 Å². The van der Waals surface area contributed by atoms with Gasteiger partial charge in [-0.2, -0.15) is 0 Å². The molecule has 1 fully saturated rings. The minimum absolute atomic E-state index is 0.246. The summed E-state index contributed by atoms with van der Waals surface area (Å²) < 4.78 is 0. The molecule has 1 aromatic rings. The van der Waals surface area contributed by atoms with Crippen molar-refractivity contribution in [2.45, 2.75) is 45.4 Å². The van der Waals surface area contributed by atoms with Gasteiger partial charge in [-0.05, 0) is 31.2 Å². The molecular formula is C18H24O. The van der Waals surface area contributed by atoms with E-state index in [9.17, 15) is 4.79 Å². The van der Waals surface area contributed by atoms with Crippen molar-refractivity contribution in [1.29, 1.82) is 0 Å². The molecule has 0 amide bonds. The number of ketones is 1. The van der Waals surface area contributed by atoms with Crippen LogP contribution in [-0.4, -0.2) is 5.78 Å². The predicted octanol–water partition coefficient (Wildman–Crippen LogP) is 4.74. The third-order valence-corrected chi connectivity index (χ3v) is 4.39. The lowest BCUT2D eigenvalue weighted by Gasteiger charge is -2.31. The summed E-state index contributed by atoms with van der Waals surface area (Å²) in [5.41, 5.74) is 1.33. The maximum Gasteiger partial charge on any atom is 0.136 e. The Morgan fingerprint density at radius 1 is 1.21 bits per heavy atom. The van der Waals surface area contributed by atoms with Crippen LogP contribution < -0.4 is 0 Å². The molecule has 19 heavy (non-hydrogen) atoms. The zero-order valence-electron chi connectivity index (χ0n) is 12.0. The van der Waals surface area contributed by atoms with Crippen LogP contribution in [0.1, 0.15) is 51.0 Å². The van der Waals surface area contributed by atoms with E-state index in [0.717, 1.165) is 19.3 Å². The van der Waals surface area contributed by atoms with E-state index in [0.29, 0.717) is 17.6 Å². The van der Waals surface area contributed by atoms with Gasteiger partial charge in [-0.3, -0.25) is 4.79 Å². The van der Waals surface area contributed by atoms with Crippen LogP contribution in [0.2, 0.25) is 0 Å². The Balaban J connectivity index is 2.21. The first-order valence-electron chi connectivity index (χ1n) is 7.44. The molecule has 1 aromatic carbocycles. The van der Waals surface area contributed by atoms with Crippen LogP contribution in [0, 0.1) is 11.8 Å². The normalized spacial score (nSPS) is 23.5. The van der Waals surface area contributed by atoms with Gasteiger partial charge >= 0.3 is 0 Å². The number of Topliss-reactive ketones (excluding diaryl/α,β-unsaturated/α-hetero) is 1. The molecule has 1 nitrogen and oxygen atoms in total. The summed E-state index contributed by atoms with van der Waals surface area (Å²) in [5, 5.41) is 0. The van der Waals surface area contributed by atoms with Crippen LogP contribution in [0.4, 0.5) is 0 Å². The summed E-state index contributed by atoms with van der Waals surface area (Å²) in [5.74, 6) is 1.48. The average Bonchev–Trinajstić information content (AvgIpc) is 2.45. The van der Waals surface area contributed by atoms with Crippen molar-refractivity contribution in [3.05, 3.63) is 48.0 Å². The minimum atomic E-state index is 0.246. The van der Waals surface area contributed by atoms with Gasteiger partial charge in [-0.1, -0.05) is 55.8 Å². The highest BCUT2D eigenvalue weighted by molar-refractivity contribution is 5.82. The van der Waals surface area contributed by atoms with Crippen molar-refractivity contribution in [1.82, 2.24) is 0 Å². The van der Waals surface area contributed by atoms with E-state index in [1.54, 1.807) is 0 Å². The van der Waals surface area contributed by atoms with Gasteiger partial charge in [0.1, 0.15) is 5.78 Å². The third-order valence-electron chi connectivity index (χ3n) is 4.39. The fourth-order valence-corrected chi connectivity index (χ4v) is 3.29. The van der Waals surface area contributed by atoms with Crippen molar-refractivity contribution in [2.24, 2.45) is 11.8 Å². The molecule has 3 atom stereocenters. The van der Waals surface area contributed by atoms with E-state index in [4.69, 9.17) is 0 Å². The molecule has 0 N–H and O–H groups in total. The van der Waals surface area contributed by atoms with Crippen molar-refractivity contribution < 1.29 is 4.79 Å². The van der Waals surface area contributed by atoms with E-state index in [-0.39, 0.29) is 5.92 Å². The van der Waals surface area contributed by atoms with Gasteiger partial charge in [0.2, 0.25) is 0 Å². The molecule has 3 unspecified atom stereocenters. The lowest BCUT2D eigenvalue weighted by Crippen LogP contribution is -2.28. The van der Waals surface area contributed by atoms with Gasteiger partial charge in [0.15, 0.2) is 0 Å². The van der Waals surface area contributed by atoms with Crippen molar-refractivity contribution >= 4 is 5.78 Å². The second-order valence-electron chi connectivity index (χ2n) is 5.64. The summed E-state index contributed by atoms with van der Waals surface area (Å²) in [6, 6.07) is 10.6. The molecular weight excluding hydrogens is 232 g/mol. The SMILES string of the molecule is C/C=C/C(c1ccccc1)C(C)C1CCCCC1=O. The van der Waals surface area contributed by atoms with Gasteiger partial charge in [-0.25, -0.2) is 0 Å². The summed E-state index contributed by atoms with van der Waals surface area (Å²) in [6.45, 7) is 4.30. The molecule has 1 saturated carbocycles. The van der Waals surface area contributed by atoms with Crippen LogP contribution in [0.3, 0.4) is 0 Å². The lowest BCUT2D eigenvalue weighted by atomic mass is 9.72. The van der Waals surface area contributed by atoms with Crippen LogP contribution in [-0.2, 0) is 4.79 Å². The smallest absolute Gasteiger partial charge is 0.136 e. The van der Waals surface area contributed by atoms with Crippen molar-refractivity contribution in [3.8, 4) is 0 Å². The predicted molar refractivity (Wildman–Crippen MR) is 80.1 cm³/mol. The first-order valence-corrected chi connectivity index (χ1v) is 7.44. The molecule has 0 heterocycles. The van der Waals surface area contributed by atoms with Crippen LogP contribution in [0.15, 0.2) is 42.5 Å². The van der Waals surface area contributed by atoms with Crippen molar-refractivity contribution in [2.75, 3.05) is 0 Å². The average molecular weight is 256 g/mol. The zero-order valence-corrected chi connectivity index (χ0v) is 12.0. The molecule has 1 heteroatoms. The van der Waals surface area contributed by atoms with Gasteiger partial charge in [0.25, 0.3) is 0 Å². The molecule has 102 valence electrons. The highest BCUT2D eigenvalue weighted by Crippen LogP contribution is 2.37. The first kappa shape index (κ1) is 14.0. The molecule has 1 aliphatic rings. The summed E-state index contributed by atoms with van der Waals surface area (Å²) >= 11 is 0. The van der Waals surface area contributed by atoms with Crippen molar-refractivity contribution in [3.63, 3.8) is 0 Å². The Kier molecular flexibility index (Phi) is 4.95.